The minimum atomic E-state index is -2.89. The van der Waals surface area contributed by atoms with Crippen LogP contribution in [0.5, 0.6) is 0 Å². The van der Waals surface area contributed by atoms with Crippen molar-refractivity contribution in [3.8, 4) is 0 Å². The molecule has 0 bridgehead atoms. The molecule has 0 aliphatic heterocycles. The number of rotatable bonds is 11. The molecule has 1 unspecified atom stereocenters. The van der Waals surface area contributed by atoms with Gasteiger partial charge in [0.05, 0.1) is 0 Å². The molecule has 1 N–H and O–H groups in total. The van der Waals surface area contributed by atoms with Gasteiger partial charge in [0.1, 0.15) is 10.5 Å². The number of hydrogen-bond donors (Lipinski definition) is 1. The van der Waals surface area contributed by atoms with E-state index >= 15 is 0 Å². The molecule has 0 saturated carbocycles. The molecule has 0 aliphatic carbocycles. The van der Waals surface area contributed by atoms with Gasteiger partial charge in [-0.05, 0) is 59.6 Å². The van der Waals surface area contributed by atoms with E-state index in [1.807, 2.05) is 13.8 Å². The van der Waals surface area contributed by atoms with Gasteiger partial charge in [0.15, 0.2) is 25.9 Å². The average Bonchev–Trinajstić information content (AvgIpc) is 2.33. The molecule has 0 fully saturated rings. The molecule has 0 heterocycles. The van der Waals surface area contributed by atoms with Crippen LogP contribution in [0.25, 0.3) is 0 Å². The Labute approximate surface area is 168 Å². The van der Waals surface area contributed by atoms with E-state index in [0.717, 1.165) is 18.4 Å². The zero-order chi connectivity index (χ0) is 21.0. The molecule has 0 saturated heterocycles. The summed E-state index contributed by atoms with van der Waals surface area (Å²) < 4.78 is 19.7. The molecule has 10 heteroatoms. The summed E-state index contributed by atoms with van der Waals surface area (Å²) in [6, 6.07) is 0. The average molecular weight is 453 g/mol. The van der Waals surface area contributed by atoms with Crippen LogP contribution in [0.4, 0.5) is 0 Å². The maximum absolute atomic E-state index is 12.3. The number of aliphatic carboxylic acids is 1. The Morgan fingerprint density at radius 2 is 1.50 bits per heavy atom. The molecule has 26 heavy (non-hydrogen) atoms. The number of carboxylic acid groups (broad SMARTS) is 1. The van der Waals surface area contributed by atoms with Gasteiger partial charge in [0, 0.05) is 10.6 Å². The lowest BCUT2D eigenvalue weighted by Gasteiger charge is -2.51. The molecule has 154 valence electrons. The van der Waals surface area contributed by atoms with Gasteiger partial charge < -0.3 is 17.5 Å². The maximum Gasteiger partial charge on any atom is 0.331 e. The molecular weight excluding hydrogens is 413 g/mol. The van der Waals surface area contributed by atoms with Crippen LogP contribution in [0.1, 0.15) is 40.5 Å². The van der Waals surface area contributed by atoms with Crippen molar-refractivity contribution in [1.29, 1.82) is 0 Å². The summed E-state index contributed by atoms with van der Waals surface area (Å²) in [4.78, 5) is 12.3. The van der Waals surface area contributed by atoms with Crippen molar-refractivity contribution < 1.29 is 22.2 Å². The summed E-state index contributed by atoms with van der Waals surface area (Å²) in [5.74, 6) is -0.849. The molecule has 0 aliphatic rings. The van der Waals surface area contributed by atoms with Crippen LogP contribution in [-0.2, 0) is 17.1 Å². The van der Waals surface area contributed by atoms with Gasteiger partial charge >= 0.3 is 14.0 Å². The first-order valence-corrected chi connectivity index (χ1v) is 21.7. The van der Waals surface area contributed by atoms with Crippen molar-refractivity contribution in [3.05, 3.63) is 11.1 Å². The zero-order valence-corrected chi connectivity index (χ0v) is 25.1. The van der Waals surface area contributed by atoms with Gasteiger partial charge in [-0.2, -0.15) is 0 Å². The first-order valence-electron chi connectivity index (χ1n) is 9.36. The first-order chi connectivity index (χ1) is 11.6. The lowest BCUT2D eigenvalue weighted by atomic mass is 9.91. The van der Waals surface area contributed by atoms with E-state index in [4.69, 9.17) is 12.3 Å². The summed E-state index contributed by atoms with van der Waals surface area (Å²) in [6.07, 6.45) is 1.63. The Hall–Kier alpha value is 0.174. The Morgan fingerprint density at radius 1 is 1.08 bits per heavy atom. The Morgan fingerprint density at radius 3 is 1.73 bits per heavy atom. The fourth-order valence-electron chi connectivity index (χ4n) is 3.65. The number of carboxylic acids is 1. The second kappa shape index (κ2) is 9.59. The monoisotopic (exact) mass is 452 g/mol. The van der Waals surface area contributed by atoms with Gasteiger partial charge in [-0.25, -0.2) is 4.79 Å². The summed E-state index contributed by atoms with van der Waals surface area (Å²) in [5, 5.41) is 9.49. The number of hydrogen-bond acceptors (Lipinski definition) is 4. The summed E-state index contributed by atoms with van der Waals surface area (Å²) in [7, 11) is -7.34. The molecule has 0 rings (SSSR count). The summed E-state index contributed by atoms with van der Waals surface area (Å²) in [5.41, 5.74) is 1.32. The van der Waals surface area contributed by atoms with Crippen molar-refractivity contribution in [2.45, 2.75) is 84.9 Å². The van der Waals surface area contributed by atoms with E-state index < -0.39 is 45.0 Å². The molecular formula is C16H40O5Si5. The lowest BCUT2D eigenvalue weighted by molar-refractivity contribution is -0.133. The number of carbonyl (C=O) groups is 1. The SMILES string of the molecule is CCCC(C)(C(C(=O)O)=C(C)C)[Si](O[Si](C)(C)C)(O[Si](C)(C)C)[SiH2]O[SiH3]. The lowest BCUT2D eigenvalue weighted by Crippen LogP contribution is -2.66. The molecule has 0 amide bonds. The largest absolute Gasteiger partial charge is 0.478 e. The third-order valence-corrected chi connectivity index (χ3v) is 24.1. The minimum Gasteiger partial charge on any atom is -0.478 e. The molecule has 0 aromatic rings. The van der Waals surface area contributed by atoms with Crippen molar-refractivity contribution in [3.63, 3.8) is 0 Å². The van der Waals surface area contributed by atoms with E-state index in [1.54, 1.807) is 0 Å². The molecule has 0 aromatic carbocycles. The van der Waals surface area contributed by atoms with E-state index in [-0.39, 0.29) is 0 Å². The predicted octanol–water partition coefficient (Wildman–Crippen LogP) is 2.99. The number of allylic oxidation sites excluding steroid dienone is 1. The second-order valence-corrected chi connectivity index (χ2v) is 28.3. The third kappa shape index (κ3) is 6.96. The smallest absolute Gasteiger partial charge is 0.331 e. The van der Waals surface area contributed by atoms with Gasteiger partial charge in [-0.15, -0.1) is 0 Å². The fraction of sp³-hybridized carbons (Fsp3) is 0.812. The fourth-order valence-corrected chi connectivity index (χ4v) is 31.9. The standard InChI is InChI=1S/C16H40O5Si5/c1-11-12-16(4,14(13(2)3)15(17)18)26(23-19-22,20-24(5,6)7)21-25(8,9)10/h11-12,23H2,1-10,22H3,(H,17,18). The minimum absolute atomic E-state index is 0.480. The normalized spacial score (nSPS) is 16.1. The summed E-state index contributed by atoms with van der Waals surface area (Å²) in [6.45, 7) is 21.0. The second-order valence-electron chi connectivity index (χ2n) is 9.38. The van der Waals surface area contributed by atoms with Crippen LogP contribution in [0.3, 0.4) is 0 Å². The van der Waals surface area contributed by atoms with Crippen LogP contribution in [0.15, 0.2) is 11.1 Å². The third-order valence-electron chi connectivity index (χ3n) is 4.13. The van der Waals surface area contributed by atoms with Gasteiger partial charge in [-0.3, -0.25) is 0 Å². The van der Waals surface area contributed by atoms with Crippen LogP contribution >= 0.6 is 0 Å². The molecule has 0 radical (unpaired) electrons. The van der Waals surface area contributed by atoms with Crippen LogP contribution in [0.2, 0.25) is 44.3 Å². The highest BCUT2D eigenvalue weighted by Gasteiger charge is 2.60. The zero-order valence-electron chi connectivity index (χ0n) is 18.7. The van der Waals surface area contributed by atoms with Gasteiger partial charge in [0.25, 0.3) is 0 Å². The van der Waals surface area contributed by atoms with Crippen LogP contribution in [0, 0.1) is 0 Å². The highest BCUT2D eigenvalue weighted by Crippen LogP contribution is 2.52. The van der Waals surface area contributed by atoms with E-state index in [9.17, 15) is 9.90 Å². The molecule has 0 spiro atoms. The molecule has 5 nitrogen and oxygen atoms in total. The van der Waals surface area contributed by atoms with Crippen molar-refractivity contribution in [2.75, 3.05) is 0 Å². The van der Waals surface area contributed by atoms with Gasteiger partial charge in [0.2, 0.25) is 0 Å². The Balaban J connectivity index is 6.87. The first kappa shape index (κ1) is 26.2. The van der Waals surface area contributed by atoms with E-state index in [0.29, 0.717) is 16.1 Å². The highest BCUT2D eigenvalue weighted by atomic mass is 29.2. The molecule has 0 aromatic heterocycles. The van der Waals surface area contributed by atoms with Gasteiger partial charge in [-0.1, -0.05) is 25.8 Å². The van der Waals surface area contributed by atoms with Crippen molar-refractivity contribution in [2.24, 2.45) is 0 Å². The Bertz CT molecular complexity index is 504. The van der Waals surface area contributed by atoms with Crippen LogP contribution in [-0.4, -0.2) is 55.6 Å². The van der Waals surface area contributed by atoms with E-state index in [2.05, 4.69) is 53.1 Å². The Kier molecular flexibility index (Phi) is 9.65. The topological polar surface area (TPSA) is 65.0 Å². The predicted molar refractivity (Wildman–Crippen MR) is 123 cm³/mol. The van der Waals surface area contributed by atoms with Crippen molar-refractivity contribution in [1.82, 2.24) is 0 Å². The maximum atomic E-state index is 12.3. The quantitative estimate of drug-likeness (QED) is 0.385. The van der Waals surface area contributed by atoms with E-state index in [1.165, 1.54) is 0 Å². The molecule has 1 atom stereocenters. The highest BCUT2D eigenvalue weighted by molar-refractivity contribution is 7.22. The van der Waals surface area contributed by atoms with Crippen LogP contribution < -0.4 is 0 Å². The van der Waals surface area contributed by atoms with Crippen molar-refractivity contribution >= 4 is 50.4 Å². The summed E-state index contributed by atoms with van der Waals surface area (Å²) >= 11 is 0.